The van der Waals surface area contributed by atoms with Crippen LogP contribution in [0.5, 0.6) is 0 Å². The molecule has 1 rings (SSSR count). The lowest BCUT2D eigenvalue weighted by atomic mass is 9.92. The predicted molar refractivity (Wildman–Crippen MR) is 70.5 cm³/mol. The summed E-state index contributed by atoms with van der Waals surface area (Å²) in [7, 11) is 0. The van der Waals surface area contributed by atoms with Gasteiger partial charge in [0.2, 0.25) is 0 Å². The zero-order valence-corrected chi connectivity index (χ0v) is 11.4. The molecule has 94 valence electrons. The Hall–Kier alpha value is -0.860. The Kier molecular flexibility index (Phi) is 5.16. The predicted octanol–water partition coefficient (Wildman–Crippen LogP) is 3.66. The van der Waals surface area contributed by atoms with Gasteiger partial charge in [-0.15, -0.1) is 0 Å². The number of halogens is 1. The lowest BCUT2D eigenvalue weighted by Gasteiger charge is -2.26. The molecule has 0 aliphatic carbocycles. The highest BCUT2D eigenvalue weighted by molar-refractivity contribution is 6.31. The summed E-state index contributed by atoms with van der Waals surface area (Å²) in [5.41, 5.74) is 0.159. The van der Waals surface area contributed by atoms with Crippen molar-refractivity contribution in [3.05, 3.63) is 34.9 Å². The quantitative estimate of drug-likeness (QED) is 0.775. The standard InChI is InChI=1S/C14H19ClO2/c1-4-14(3,17-5-2)13(16)10-11-8-6-7-9-12(11)15/h6-9H,4-5,10H2,1-3H3. The molecule has 0 aliphatic rings. The van der Waals surface area contributed by atoms with Gasteiger partial charge in [0, 0.05) is 18.1 Å². The van der Waals surface area contributed by atoms with Gasteiger partial charge < -0.3 is 4.74 Å². The largest absolute Gasteiger partial charge is 0.368 e. The number of carbonyl (C=O) groups is 1. The van der Waals surface area contributed by atoms with Crippen molar-refractivity contribution >= 4 is 17.4 Å². The molecular weight excluding hydrogens is 236 g/mol. The van der Waals surface area contributed by atoms with Crippen LogP contribution in [-0.2, 0) is 16.0 Å². The molecule has 1 aromatic carbocycles. The number of rotatable bonds is 6. The molecule has 0 spiro atoms. The third-order valence-electron chi connectivity index (χ3n) is 3.04. The van der Waals surface area contributed by atoms with Crippen LogP contribution >= 0.6 is 11.6 Å². The van der Waals surface area contributed by atoms with Crippen molar-refractivity contribution in [2.75, 3.05) is 6.61 Å². The van der Waals surface area contributed by atoms with Crippen LogP contribution in [0.3, 0.4) is 0 Å². The molecule has 0 radical (unpaired) electrons. The number of carbonyl (C=O) groups excluding carboxylic acids is 1. The fourth-order valence-electron chi connectivity index (χ4n) is 1.70. The number of ketones is 1. The average molecular weight is 255 g/mol. The molecule has 0 aliphatic heterocycles. The van der Waals surface area contributed by atoms with E-state index in [0.29, 0.717) is 24.5 Å². The monoisotopic (exact) mass is 254 g/mol. The third-order valence-corrected chi connectivity index (χ3v) is 3.40. The van der Waals surface area contributed by atoms with E-state index in [4.69, 9.17) is 16.3 Å². The molecule has 0 amide bonds. The number of hydrogen-bond acceptors (Lipinski definition) is 2. The summed E-state index contributed by atoms with van der Waals surface area (Å²) in [5.74, 6) is 0.0787. The van der Waals surface area contributed by atoms with E-state index in [-0.39, 0.29) is 5.78 Å². The summed E-state index contributed by atoms with van der Waals surface area (Å²) < 4.78 is 5.56. The highest BCUT2D eigenvalue weighted by Gasteiger charge is 2.31. The fourth-order valence-corrected chi connectivity index (χ4v) is 1.90. The van der Waals surface area contributed by atoms with Gasteiger partial charge in [0.05, 0.1) is 0 Å². The Labute approximate surface area is 108 Å². The Morgan fingerprint density at radius 1 is 1.35 bits per heavy atom. The van der Waals surface area contributed by atoms with E-state index in [1.807, 2.05) is 39.0 Å². The van der Waals surface area contributed by atoms with Gasteiger partial charge >= 0.3 is 0 Å². The summed E-state index contributed by atoms with van der Waals surface area (Å²) in [5, 5.41) is 0.635. The normalized spacial score (nSPS) is 14.4. The minimum atomic E-state index is -0.700. The minimum absolute atomic E-state index is 0.0787. The van der Waals surface area contributed by atoms with E-state index in [0.717, 1.165) is 5.56 Å². The van der Waals surface area contributed by atoms with Crippen molar-refractivity contribution in [3.8, 4) is 0 Å². The van der Waals surface area contributed by atoms with Crippen molar-refractivity contribution in [3.63, 3.8) is 0 Å². The molecule has 0 aromatic heterocycles. The second-order valence-electron chi connectivity index (χ2n) is 4.21. The molecule has 0 N–H and O–H groups in total. The van der Waals surface area contributed by atoms with Crippen molar-refractivity contribution in [1.29, 1.82) is 0 Å². The maximum absolute atomic E-state index is 12.2. The zero-order chi connectivity index (χ0) is 12.9. The Balaban J connectivity index is 2.81. The molecule has 1 atom stereocenters. The lowest BCUT2D eigenvalue weighted by molar-refractivity contribution is -0.141. The first-order chi connectivity index (χ1) is 8.03. The topological polar surface area (TPSA) is 26.3 Å². The van der Waals surface area contributed by atoms with E-state index in [1.54, 1.807) is 6.07 Å². The molecule has 1 unspecified atom stereocenters. The van der Waals surface area contributed by atoms with Crippen molar-refractivity contribution in [1.82, 2.24) is 0 Å². The van der Waals surface area contributed by atoms with Crippen LogP contribution in [0, 0.1) is 0 Å². The van der Waals surface area contributed by atoms with Gasteiger partial charge in [-0.05, 0) is 31.9 Å². The van der Waals surface area contributed by atoms with Crippen LogP contribution in [-0.4, -0.2) is 18.0 Å². The third kappa shape index (κ3) is 3.55. The molecule has 0 fully saturated rings. The molecule has 17 heavy (non-hydrogen) atoms. The number of benzene rings is 1. The lowest BCUT2D eigenvalue weighted by Crippen LogP contribution is -2.39. The van der Waals surface area contributed by atoms with Crippen LogP contribution in [0.1, 0.15) is 32.8 Å². The Morgan fingerprint density at radius 3 is 2.53 bits per heavy atom. The van der Waals surface area contributed by atoms with E-state index < -0.39 is 5.60 Å². The average Bonchev–Trinajstić information content (AvgIpc) is 2.32. The highest BCUT2D eigenvalue weighted by Crippen LogP contribution is 2.22. The summed E-state index contributed by atoms with van der Waals surface area (Å²) in [4.78, 5) is 12.2. The van der Waals surface area contributed by atoms with Crippen LogP contribution in [0.4, 0.5) is 0 Å². The first-order valence-corrected chi connectivity index (χ1v) is 6.32. The van der Waals surface area contributed by atoms with Crippen LogP contribution in [0.15, 0.2) is 24.3 Å². The van der Waals surface area contributed by atoms with E-state index in [9.17, 15) is 4.79 Å². The van der Waals surface area contributed by atoms with Crippen molar-refractivity contribution < 1.29 is 9.53 Å². The molecular formula is C14H19ClO2. The summed E-state index contributed by atoms with van der Waals surface area (Å²) in [6.45, 7) is 6.24. The van der Waals surface area contributed by atoms with Crippen LogP contribution < -0.4 is 0 Å². The van der Waals surface area contributed by atoms with Gasteiger partial charge in [0.1, 0.15) is 5.60 Å². The molecule has 0 saturated heterocycles. The SMILES string of the molecule is CCOC(C)(CC)C(=O)Cc1ccccc1Cl. The van der Waals surface area contributed by atoms with Gasteiger partial charge in [0.25, 0.3) is 0 Å². The van der Waals surface area contributed by atoms with E-state index in [2.05, 4.69) is 0 Å². The highest BCUT2D eigenvalue weighted by atomic mass is 35.5. The maximum atomic E-state index is 12.2. The summed E-state index contributed by atoms with van der Waals surface area (Å²) in [6, 6.07) is 7.42. The van der Waals surface area contributed by atoms with Crippen LogP contribution in [0.2, 0.25) is 5.02 Å². The molecule has 3 heteroatoms. The summed E-state index contributed by atoms with van der Waals surface area (Å²) >= 11 is 6.05. The van der Waals surface area contributed by atoms with Crippen molar-refractivity contribution in [2.45, 2.75) is 39.2 Å². The van der Waals surface area contributed by atoms with Gasteiger partial charge in [0.15, 0.2) is 5.78 Å². The van der Waals surface area contributed by atoms with Crippen molar-refractivity contribution in [2.24, 2.45) is 0 Å². The van der Waals surface area contributed by atoms with E-state index >= 15 is 0 Å². The maximum Gasteiger partial charge on any atom is 0.168 e. The van der Waals surface area contributed by atoms with Crippen LogP contribution in [0.25, 0.3) is 0 Å². The second-order valence-corrected chi connectivity index (χ2v) is 4.62. The molecule has 2 nitrogen and oxygen atoms in total. The fraction of sp³-hybridized carbons (Fsp3) is 0.500. The summed E-state index contributed by atoms with van der Waals surface area (Å²) in [6.07, 6.45) is 0.994. The van der Waals surface area contributed by atoms with Gasteiger partial charge in [-0.3, -0.25) is 4.79 Å². The molecule has 0 bridgehead atoms. The molecule has 0 saturated carbocycles. The molecule has 0 heterocycles. The Bertz CT molecular complexity index is 390. The molecule has 1 aromatic rings. The van der Waals surface area contributed by atoms with Gasteiger partial charge in [-0.25, -0.2) is 0 Å². The smallest absolute Gasteiger partial charge is 0.168 e. The van der Waals surface area contributed by atoms with Gasteiger partial charge in [-0.2, -0.15) is 0 Å². The number of ether oxygens (including phenoxy) is 1. The zero-order valence-electron chi connectivity index (χ0n) is 10.6. The number of hydrogen-bond donors (Lipinski definition) is 0. The Morgan fingerprint density at radius 2 is 2.00 bits per heavy atom. The number of Topliss-reactive ketones (excluding diaryl/α,β-unsaturated/α-hetero) is 1. The van der Waals surface area contributed by atoms with Gasteiger partial charge in [-0.1, -0.05) is 36.7 Å². The first-order valence-electron chi connectivity index (χ1n) is 5.94. The second kappa shape index (κ2) is 6.18. The first kappa shape index (κ1) is 14.2. The minimum Gasteiger partial charge on any atom is -0.368 e. The van der Waals surface area contributed by atoms with E-state index in [1.165, 1.54) is 0 Å².